The Bertz CT molecular complexity index is 260. The normalized spacial score (nSPS) is 11.7. The summed E-state index contributed by atoms with van der Waals surface area (Å²) in [6.45, 7) is 4.78. The largest absolute Gasteiger partial charge is 0.327 e. The van der Waals surface area contributed by atoms with E-state index in [1.54, 1.807) is 0 Å². The van der Waals surface area contributed by atoms with Crippen molar-refractivity contribution in [1.82, 2.24) is 9.78 Å². The van der Waals surface area contributed by atoms with Crippen molar-refractivity contribution < 1.29 is 0 Å². The van der Waals surface area contributed by atoms with Gasteiger partial charge in [-0.05, 0) is 13.8 Å². The number of hydrogen-bond acceptors (Lipinski definition) is 2. The van der Waals surface area contributed by atoms with Crippen LogP contribution < -0.4 is 5.73 Å². The lowest BCUT2D eigenvalue weighted by Gasteiger charge is -2.02. The molecule has 3 nitrogen and oxygen atoms in total. The van der Waals surface area contributed by atoms with Crippen LogP contribution in [0.4, 0.5) is 0 Å². The lowest BCUT2D eigenvalue weighted by Crippen LogP contribution is -1.99. The summed E-state index contributed by atoms with van der Waals surface area (Å²) in [5.74, 6) is 0. The minimum Gasteiger partial charge on any atom is -0.327 e. The van der Waals surface area contributed by atoms with Crippen LogP contribution in [-0.2, 0) is 0 Å². The van der Waals surface area contributed by atoms with Crippen molar-refractivity contribution in [2.75, 3.05) is 6.54 Å². The van der Waals surface area contributed by atoms with Gasteiger partial charge in [-0.2, -0.15) is 5.10 Å². The van der Waals surface area contributed by atoms with E-state index in [-0.39, 0.29) is 0 Å². The van der Waals surface area contributed by atoms with Gasteiger partial charge in [-0.1, -0.05) is 12.2 Å². The first-order valence-corrected chi connectivity index (χ1v) is 4.15. The Balaban J connectivity index is 2.70. The van der Waals surface area contributed by atoms with E-state index in [4.69, 9.17) is 5.73 Å². The molecule has 0 bridgehead atoms. The van der Waals surface area contributed by atoms with Gasteiger partial charge in [0.1, 0.15) is 0 Å². The average molecular weight is 165 g/mol. The molecule has 2 N–H and O–H groups in total. The Kier molecular flexibility index (Phi) is 3.05. The van der Waals surface area contributed by atoms with Crippen LogP contribution in [0, 0.1) is 0 Å². The molecule has 0 aromatic carbocycles. The van der Waals surface area contributed by atoms with Crippen LogP contribution in [-0.4, -0.2) is 16.3 Å². The molecule has 1 heterocycles. The molecule has 1 aromatic heterocycles. The standard InChI is InChI=1S/C9H15N3/c1-8(2)12-7-9(6-11-12)4-3-5-10/h3-4,6-8H,5,10H2,1-2H3. The van der Waals surface area contributed by atoms with Crippen LogP contribution in [0.3, 0.4) is 0 Å². The van der Waals surface area contributed by atoms with E-state index in [0.29, 0.717) is 12.6 Å². The first kappa shape index (κ1) is 9.00. The van der Waals surface area contributed by atoms with Gasteiger partial charge in [0.15, 0.2) is 0 Å². The zero-order valence-electron chi connectivity index (χ0n) is 7.57. The van der Waals surface area contributed by atoms with Crippen molar-refractivity contribution >= 4 is 6.08 Å². The molecule has 0 saturated carbocycles. The van der Waals surface area contributed by atoms with E-state index >= 15 is 0 Å². The van der Waals surface area contributed by atoms with Gasteiger partial charge < -0.3 is 5.73 Å². The van der Waals surface area contributed by atoms with E-state index in [1.807, 2.05) is 29.2 Å². The summed E-state index contributed by atoms with van der Waals surface area (Å²) < 4.78 is 1.93. The number of nitrogens with two attached hydrogens (primary N) is 1. The van der Waals surface area contributed by atoms with Crippen LogP contribution in [0.15, 0.2) is 18.5 Å². The molecule has 0 unspecified atom stereocenters. The predicted molar refractivity (Wildman–Crippen MR) is 50.7 cm³/mol. The fraction of sp³-hybridized carbons (Fsp3) is 0.444. The van der Waals surface area contributed by atoms with Gasteiger partial charge >= 0.3 is 0 Å². The molecule has 0 amide bonds. The Hall–Kier alpha value is -1.09. The Labute approximate surface area is 72.9 Å². The van der Waals surface area contributed by atoms with Gasteiger partial charge in [-0.15, -0.1) is 0 Å². The number of hydrogen-bond donors (Lipinski definition) is 1. The highest BCUT2D eigenvalue weighted by Crippen LogP contribution is 2.06. The summed E-state index contributed by atoms with van der Waals surface area (Å²) in [4.78, 5) is 0. The summed E-state index contributed by atoms with van der Waals surface area (Å²) in [5.41, 5.74) is 6.43. The predicted octanol–water partition coefficient (Wildman–Crippen LogP) is 1.44. The highest BCUT2D eigenvalue weighted by Gasteiger charge is 1.97. The van der Waals surface area contributed by atoms with Crippen LogP contribution >= 0.6 is 0 Å². The zero-order chi connectivity index (χ0) is 8.97. The van der Waals surface area contributed by atoms with Crippen LogP contribution in [0.1, 0.15) is 25.5 Å². The minimum absolute atomic E-state index is 0.421. The van der Waals surface area contributed by atoms with Crippen molar-refractivity contribution in [2.24, 2.45) is 5.73 Å². The second kappa shape index (κ2) is 4.07. The second-order valence-electron chi connectivity index (χ2n) is 2.99. The minimum atomic E-state index is 0.421. The molecule has 1 rings (SSSR count). The average Bonchev–Trinajstić information content (AvgIpc) is 2.48. The number of aromatic nitrogens is 2. The molecule has 0 saturated heterocycles. The molecule has 0 spiro atoms. The number of nitrogens with zero attached hydrogens (tertiary/aromatic N) is 2. The third-order valence-corrected chi connectivity index (χ3v) is 1.60. The van der Waals surface area contributed by atoms with E-state index < -0.39 is 0 Å². The van der Waals surface area contributed by atoms with Crippen molar-refractivity contribution in [3.05, 3.63) is 24.0 Å². The Morgan fingerprint density at radius 1 is 1.67 bits per heavy atom. The number of rotatable bonds is 3. The molecular formula is C9H15N3. The molecule has 12 heavy (non-hydrogen) atoms. The second-order valence-corrected chi connectivity index (χ2v) is 2.99. The molecule has 0 aliphatic carbocycles. The van der Waals surface area contributed by atoms with Gasteiger partial charge in [0.25, 0.3) is 0 Å². The monoisotopic (exact) mass is 165 g/mol. The molecule has 1 aromatic rings. The molecule has 0 radical (unpaired) electrons. The van der Waals surface area contributed by atoms with Crippen LogP contribution in [0.5, 0.6) is 0 Å². The van der Waals surface area contributed by atoms with Crippen molar-refractivity contribution in [1.29, 1.82) is 0 Å². The van der Waals surface area contributed by atoms with Gasteiger partial charge in [0, 0.05) is 24.3 Å². The Morgan fingerprint density at radius 2 is 2.42 bits per heavy atom. The molecule has 0 aliphatic heterocycles. The molecule has 0 fully saturated rings. The molecular weight excluding hydrogens is 150 g/mol. The van der Waals surface area contributed by atoms with Crippen molar-refractivity contribution in [2.45, 2.75) is 19.9 Å². The molecule has 0 atom stereocenters. The summed E-state index contributed by atoms with van der Waals surface area (Å²) in [6, 6.07) is 0.421. The fourth-order valence-corrected chi connectivity index (χ4v) is 0.925. The topological polar surface area (TPSA) is 43.8 Å². The van der Waals surface area contributed by atoms with Crippen LogP contribution in [0.25, 0.3) is 6.08 Å². The van der Waals surface area contributed by atoms with E-state index in [1.165, 1.54) is 0 Å². The molecule has 0 aliphatic rings. The fourth-order valence-electron chi connectivity index (χ4n) is 0.925. The van der Waals surface area contributed by atoms with Crippen molar-refractivity contribution in [3.63, 3.8) is 0 Å². The highest BCUT2D eigenvalue weighted by atomic mass is 15.3. The molecule has 3 heteroatoms. The SMILES string of the molecule is CC(C)n1cc(C=CCN)cn1. The van der Waals surface area contributed by atoms with Crippen molar-refractivity contribution in [3.8, 4) is 0 Å². The van der Waals surface area contributed by atoms with E-state index in [9.17, 15) is 0 Å². The summed E-state index contributed by atoms with van der Waals surface area (Å²) in [7, 11) is 0. The lowest BCUT2D eigenvalue weighted by atomic mass is 10.3. The van der Waals surface area contributed by atoms with Gasteiger partial charge in [0.05, 0.1) is 6.20 Å². The van der Waals surface area contributed by atoms with Gasteiger partial charge in [0.2, 0.25) is 0 Å². The van der Waals surface area contributed by atoms with Gasteiger partial charge in [-0.25, -0.2) is 0 Å². The van der Waals surface area contributed by atoms with E-state index in [2.05, 4.69) is 18.9 Å². The third kappa shape index (κ3) is 2.20. The summed E-state index contributed by atoms with van der Waals surface area (Å²) in [5, 5.41) is 4.19. The summed E-state index contributed by atoms with van der Waals surface area (Å²) >= 11 is 0. The third-order valence-electron chi connectivity index (χ3n) is 1.60. The maximum atomic E-state index is 5.33. The van der Waals surface area contributed by atoms with Gasteiger partial charge in [-0.3, -0.25) is 4.68 Å². The molecule has 66 valence electrons. The highest BCUT2D eigenvalue weighted by molar-refractivity contribution is 5.46. The van der Waals surface area contributed by atoms with E-state index in [0.717, 1.165) is 5.56 Å². The first-order valence-electron chi connectivity index (χ1n) is 4.15. The maximum absolute atomic E-state index is 5.33. The quantitative estimate of drug-likeness (QED) is 0.736. The smallest absolute Gasteiger partial charge is 0.0562 e. The lowest BCUT2D eigenvalue weighted by molar-refractivity contribution is 0.532. The zero-order valence-corrected chi connectivity index (χ0v) is 7.57. The van der Waals surface area contributed by atoms with Crippen LogP contribution in [0.2, 0.25) is 0 Å². The Morgan fingerprint density at radius 3 is 2.92 bits per heavy atom. The summed E-state index contributed by atoms with van der Waals surface area (Å²) in [6.07, 6.45) is 7.75. The maximum Gasteiger partial charge on any atom is 0.0562 e. The first-order chi connectivity index (χ1) is 5.74.